The summed E-state index contributed by atoms with van der Waals surface area (Å²) in [5.74, 6) is 0.670. The zero-order chi connectivity index (χ0) is 17.9. The molecule has 0 unspecified atom stereocenters. The summed E-state index contributed by atoms with van der Waals surface area (Å²) in [7, 11) is 0. The van der Waals surface area contributed by atoms with Crippen molar-refractivity contribution in [3.8, 4) is 0 Å². The normalized spacial score (nSPS) is 16.3. The molecule has 1 aliphatic heterocycles. The van der Waals surface area contributed by atoms with E-state index in [9.17, 15) is 4.79 Å². The lowest BCUT2D eigenvalue weighted by atomic mass is 9.93. The van der Waals surface area contributed by atoms with Gasteiger partial charge >= 0.3 is 0 Å². The molecule has 0 saturated carbocycles. The zero-order valence-corrected chi connectivity index (χ0v) is 15.4. The van der Waals surface area contributed by atoms with E-state index in [1.54, 1.807) is 4.74 Å². The molecule has 1 saturated heterocycles. The van der Waals surface area contributed by atoms with E-state index in [2.05, 4.69) is 35.2 Å². The molecule has 0 amide bonds. The second-order valence-electron chi connectivity index (χ2n) is 7.49. The van der Waals surface area contributed by atoms with E-state index < -0.39 is 0 Å². The number of benzene rings is 2. The van der Waals surface area contributed by atoms with Gasteiger partial charge in [0.1, 0.15) is 0 Å². The van der Waals surface area contributed by atoms with E-state index in [0.717, 1.165) is 31.6 Å². The van der Waals surface area contributed by atoms with Gasteiger partial charge in [0.25, 0.3) is 5.56 Å². The Labute approximate surface area is 154 Å². The van der Waals surface area contributed by atoms with Crippen LogP contribution in [0.5, 0.6) is 0 Å². The van der Waals surface area contributed by atoms with Gasteiger partial charge < -0.3 is 4.52 Å². The molecule has 0 spiro atoms. The summed E-state index contributed by atoms with van der Waals surface area (Å²) in [6.45, 7) is 5.99. The number of hydrogen-bond acceptors (Lipinski definition) is 3. The highest BCUT2D eigenvalue weighted by Crippen LogP contribution is 2.23. The maximum absolute atomic E-state index is 12.4. The Morgan fingerprint density at radius 2 is 1.85 bits per heavy atom. The molecule has 2 heterocycles. The second-order valence-corrected chi connectivity index (χ2v) is 7.49. The summed E-state index contributed by atoms with van der Waals surface area (Å²) in [6.07, 6.45) is 3.40. The van der Waals surface area contributed by atoms with E-state index in [-0.39, 0.29) is 5.56 Å². The largest absolute Gasteiger partial charge is 0.376 e. The molecule has 0 atom stereocenters. The molecule has 26 heavy (non-hydrogen) atoms. The van der Waals surface area contributed by atoms with E-state index in [4.69, 9.17) is 4.52 Å². The van der Waals surface area contributed by atoms with Crippen LogP contribution < -0.4 is 5.56 Å². The highest BCUT2D eigenvalue weighted by Gasteiger charge is 2.20. The van der Waals surface area contributed by atoms with Gasteiger partial charge in [-0.2, -0.15) is 4.74 Å². The fraction of sp³-hybridized carbons (Fsp3) is 0.409. The monoisotopic (exact) mass is 350 g/mol. The molecular weight excluding hydrogens is 324 g/mol. The Morgan fingerprint density at radius 1 is 1.08 bits per heavy atom. The van der Waals surface area contributed by atoms with Crippen LogP contribution in [0.15, 0.2) is 57.8 Å². The Balaban J connectivity index is 1.31. The molecular formula is C22H26N2O2. The minimum absolute atomic E-state index is 0.00140. The number of piperidine rings is 1. The number of aromatic nitrogens is 1. The summed E-state index contributed by atoms with van der Waals surface area (Å²) in [4.78, 5) is 15.0. The van der Waals surface area contributed by atoms with Crippen molar-refractivity contribution < 1.29 is 4.52 Å². The fourth-order valence-electron chi connectivity index (χ4n) is 3.90. The first-order valence-corrected chi connectivity index (χ1v) is 9.56. The Hall–Kier alpha value is -2.33. The van der Waals surface area contributed by atoms with E-state index >= 15 is 0 Å². The molecule has 1 aromatic heterocycles. The van der Waals surface area contributed by atoms with Crippen LogP contribution in [-0.4, -0.2) is 22.7 Å². The lowest BCUT2D eigenvalue weighted by molar-refractivity contribution is 0.159. The number of fused-ring (bicyclic) bond motifs is 1. The van der Waals surface area contributed by atoms with E-state index in [0.29, 0.717) is 23.4 Å². The number of rotatable bonds is 5. The van der Waals surface area contributed by atoms with E-state index in [1.165, 1.54) is 18.4 Å². The molecule has 0 radical (unpaired) electrons. The quantitative estimate of drug-likeness (QED) is 0.692. The maximum atomic E-state index is 12.4. The summed E-state index contributed by atoms with van der Waals surface area (Å²) < 4.78 is 7.31. The predicted molar refractivity (Wildman–Crippen MR) is 104 cm³/mol. The van der Waals surface area contributed by atoms with Crippen molar-refractivity contribution in [2.24, 2.45) is 5.92 Å². The van der Waals surface area contributed by atoms with Gasteiger partial charge in [0.2, 0.25) is 0 Å². The van der Waals surface area contributed by atoms with Gasteiger partial charge in [-0.05, 0) is 68.5 Å². The van der Waals surface area contributed by atoms with Crippen molar-refractivity contribution in [1.82, 2.24) is 9.64 Å². The molecule has 4 nitrogen and oxygen atoms in total. The molecule has 1 aliphatic rings. The molecule has 2 aromatic carbocycles. The lowest BCUT2D eigenvalue weighted by Gasteiger charge is -2.31. The van der Waals surface area contributed by atoms with Gasteiger partial charge in [-0.3, -0.25) is 9.69 Å². The molecule has 0 aliphatic carbocycles. The third-order valence-electron chi connectivity index (χ3n) is 5.50. The molecule has 136 valence electrons. The first-order chi connectivity index (χ1) is 12.7. The van der Waals surface area contributed by atoms with Gasteiger partial charge in [-0.25, -0.2) is 0 Å². The van der Waals surface area contributed by atoms with Gasteiger partial charge in [-0.15, -0.1) is 0 Å². The van der Waals surface area contributed by atoms with Crippen LogP contribution in [0, 0.1) is 12.8 Å². The van der Waals surface area contributed by atoms with Gasteiger partial charge in [0.05, 0.1) is 11.9 Å². The predicted octanol–water partition coefficient (Wildman–Crippen LogP) is 4.21. The minimum Gasteiger partial charge on any atom is -0.376 e. The van der Waals surface area contributed by atoms with Crippen molar-refractivity contribution in [2.45, 2.75) is 39.3 Å². The van der Waals surface area contributed by atoms with Crippen molar-refractivity contribution in [2.75, 3.05) is 13.1 Å². The minimum atomic E-state index is 0.00140. The Bertz CT molecular complexity index is 918. The topological polar surface area (TPSA) is 38.4 Å². The summed E-state index contributed by atoms with van der Waals surface area (Å²) in [5, 5.41) is 0.688. The van der Waals surface area contributed by atoms with E-state index in [1.807, 2.05) is 25.1 Å². The smallest absolute Gasteiger partial charge is 0.290 e. The van der Waals surface area contributed by atoms with Crippen molar-refractivity contribution in [3.63, 3.8) is 0 Å². The molecule has 4 rings (SSSR count). The lowest BCUT2D eigenvalue weighted by Crippen LogP contribution is -2.33. The summed E-state index contributed by atoms with van der Waals surface area (Å²) in [5.41, 5.74) is 3.20. The van der Waals surface area contributed by atoms with Crippen LogP contribution >= 0.6 is 0 Å². The Morgan fingerprint density at radius 3 is 2.62 bits per heavy atom. The molecule has 0 bridgehead atoms. The fourth-order valence-corrected chi connectivity index (χ4v) is 3.90. The number of hydrogen-bond donors (Lipinski definition) is 0. The molecule has 3 aromatic rings. The molecule has 4 heteroatoms. The SMILES string of the molecule is Cc1ccc2c(=O)n(CCC3CCN(Cc4ccccc4)CC3)oc2c1. The van der Waals surface area contributed by atoms with Crippen molar-refractivity contribution in [3.05, 3.63) is 70.0 Å². The highest BCUT2D eigenvalue weighted by atomic mass is 16.5. The molecule has 0 N–H and O–H groups in total. The summed E-state index contributed by atoms with van der Waals surface area (Å²) >= 11 is 0. The average Bonchev–Trinajstić information content (AvgIpc) is 2.97. The number of nitrogens with zero attached hydrogens (tertiary/aromatic N) is 2. The third-order valence-corrected chi connectivity index (χ3v) is 5.50. The summed E-state index contributed by atoms with van der Waals surface area (Å²) in [6, 6.07) is 16.4. The van der Waals surface area contributed by atoms with Crippen LogP contribution in [0.2, 0.25) is 0 Å². The zero-order valence-electron chi connectivity index (χ0n) is 15.4. The third kappa shape index (κ3) is 3.75. The van der Waals surface area contributed by atoms with Crippen molar-refractivity contribution in [1.29, 1.82) is 0 Å². The highest BCUT2D eigenvalue weighted by molar-refractivity contribution is 5.76. The van der Waals surface area contributed by atoms with Gasteiger partial charge in [-0.1, -0.05) is 36.4 Å². The Kier molecular flexibility index (Phi) is 4.93. The number of likely N-dealkylation sites (tertiary alicyclic amines) is 1. The van der Waals surface area contributed by atoms with Crippen LogP contribution in [-0.2, 0) is 13.1 Å². The van der Waals surface area contributed by atoms with Crippen LogP contribution in [0.1, 0.15) is 30.4 Å². The van der Waals surface area contributed by atoms with Crippen molar-refractivity contribution >= 4 is 11.0 Å². The average molecular weight is 350 g/mol. The van der Waals surface area contributed by atoms with Crippen LogP contribution in [0.4, 0.5) is 0 Å². The van der Waals surface area contributed by atoms with Gasteiger partial charge in [0.15, 0.2) is 5.58 Å². The maximum Gasteiger partial charge on any atom is 0.290 e. The van der Waals surface area contributed by atoms with Gasteiger partial charge in [0, 0.05) is 6.54 Å². The first kappa shape index (κ1) is 17.1. The number of aryl methyl sites for hydroxylation is 2. The second kappa shape index (κ2) is 7.50. The first-order valence-electron chi connectivity index (χ1n) is 9.56. The molecule has 1 fully saturated rings. The standard InChI is InChI=1S/C22H26N2O2/c1-17-7-8-20-21(15-17)26-24(22(20)25)14-11-18-9-12-23(13-10-18)16-19-5-3-2-4-6-19/h2-8,15,18H,9-14,16H2,1H3. The van der Waals surface area contributed by atoms with Crippen LogP contribution in [0.3, 0.4) is 0 Å². The van der Waals surface area contributed by atoms with Crippen LogP contribution in [0.25, 0.3) is 11.0 Å².